The van der Waals surface area contributed by atoms with E-state index in [1.165, 1.54) is 6.07 Å². The van der Waals surface area contributed by atoms with Crippen molar-refractivity contribution in [2.24, 2.45) is 0 Å². The first-order valence-corrected chi connectivity index (χ1v) is 8.12. The lowest BCUT2D eigenvalue weighted by Crippen LogP contribution is -2.26. The highest BCUT2D eigenvalue weighted by molar-refractivity contribution is 7.89. The quantitative estimate of drug-likeness (QED) is 0.776. The van der Waals surface area contributed by atoms with Crippen LogP contribution in [-0.4, -0.2) is 34.7 Å². The molecule has 0 fully saturated rings. The lowest BCUT2D eigenvalue weighted by atomic mass is 10.4. The van der Waals surface area contributed by atoms with Crippen molar-refractivity contribution >= 4 is 15.8 Å². The zero-order chi connectivity index (χ0) is 15.3. The summed E-state index contributed by atoms with van der Waals surface area (Å²) in [6, 6.07) is 3.10. The average Bonchev–Trinajstić information content (AvgIpc) is 2.93. The van der Waals surface area contributed by atoms with Gasteiger partial charge in [-0.1, -0.05) is 0 Å². The van der Waals surface area contributed by atoms with Crippen LogP contribution in [0, 0.1) is 0 Å². The molecular formula is C12H18N6O2S. The summed E-state index contributed by atoms with van der Waals surface area (Å²) in [5.74, 6) is 0.902. The molecule has 2 aromatic heterocycles. The summed E-state index contributed by atoms with van der Waals surface area (Å²) in [5, 5.41) is 10.6. The minimum absolute atomic E-state index is 0.0800. The molecular weight excluding hydrogens is 292 g/mol. The van der Waals surface area contributed by atoms with E-state index in [1.54, 1.807) is 23.2 Å². The van der Waals surface area contributed by atoms with E-state index in [4.69, 9.17) is 0 Å². The molecule has 0 saturated heterocycles. The van der Waals surface area contributed by atoms with Gasteiger partial charge in [-0.3, -0.25) is 0 Å². The molecule has 21 heavy (non-hydrogen) atoms. The number of pyridine rings is 1. The van der Waals surface area contributed by atoms with Crippen molar-refractivity contribution in [2.75, 3.05) is 11.9 Å². The third-order valence-electron chi connectivity index (χ3n) is 2.86. The van der Waals surface area contributed by atoms with Crippen molar-refractivity contribution < 1.29 is 8.42 Å². The summed E-state index contributed by atoms with van der Waals surface area (Å²) in [6.45, 7) is 5.16. The Morgan fingerprint density at radius 2 is 2.14 bits per heavy atom. The first kappa shape index (κ1) is 15.4. The zero-order valence-corrected chi connectivity index (χ0v) is 12.8. The lowest BCUT2D eigenvalue weighted by Gasteiger charge is -2.11. The molecule has 0 aromatic carbocycles. The highest BCUT2D eigenvalue weighted by Gasteiger charge is 2.19. The van der Waals surface area contributed by atoms with Crippen LogP contribution in [0.3, 0.4) is 0 Å². The Balaban J connectivity index is 2.19. The van der Waals surface area contributed by atoms with Crippen molar-refractivity contribution in [3.63, 3.8) is 0 Å². The maximum atomic E-state index is 12.4. The molecule has 0 spiro atoms. The number of anilines is 1. The van der Waals surface area contributed by atoms with Crippen LogP contribution in [0.15, 0.2) is 29.6 Å². The van der Waals surface area contributed by atoms with Crippen LogP contribution in [0.1, 0.15) is 19.7 Å². The fourth-order valence-electron chi connectivity index (χ4n) is 1.82. The van der Waals surface area contributed by atoms with Crippen molar-refractivity contribution in [3.05, 3.63) is 30.5 Å². The summed E-state index contributed by atoms with van der Waals surface area (Å²) in [5.41, 5.74) is 0. The molecule has 8 nitrogen and oxygen atoms in total. The smallest absolute Gasteiger partial charge is 0.244 e. The number of sulfonamides is 1. The van der Waals surface area contributed by atoms with Crippen LogP contribution in [0.4, 0.5) is 5.82 Å². The lowest BCUT2D eigenvalue weighted by molar-refractivity contribution is 0.575. The monoisotopic (exact) mass is 310 g/mol. The van der Waals surface area contributed by atoms with E-state index in [9.17, 15) is 8.42 Å². The molecule has 0 amide bonds. The molecule has 0 radical (unpaired) electrons. The Hall–Kier alpha value is -2.00. The van der Waals surface area contributed by atoms with Gasteiger partial charge in [0.2, 0.25) is 10.0 Å². The first-order chi connectivity index (χ1) is 10.1. The summed E-state index contributed by atoms with van der Waals surface area (Å²) >= 11 is 0. The molecule has 0 bridgehead atoms. The largest absolute Gasteiger partial charge is 0.369 e. The molecule has 2 heterocycles. The number of aryl methyl sites for hydroxylation is 1. The molecule has 0 aliphatic carbocycles. The molecule has 0 aliphatic rings. The van der Waals surface area contributed by atoms with E-state index in [0.29, 0.717) is 24.7 Å². The summed E-state index contributed by atoms with van der Waals surface area (Å²) in [4.78, 5) is 4.17. The summed E-state index contributed by atoms with van der Waals surface area (Å²) < 4.78 is 29.0. The number of aromatic nitrogens is 4. The van der Waals surface area contributed by atoms with E-state index in [-0.39, 0.29) is 11.4 Å². The molecule has 2 N–H and O–H groups in total. The predicted molar refractivity (Wildman–Crippen MR) is 78.1 cm³/mol. The van der Waals surface area contributed by atoms with Gasteiger partial charge in [0, 0.05) is 19.3 Å². The minimum atomic E-state index is -3.67. The normalized spacial score (nSPS) is 11.5. The topological polar surface area (TPSA) is 102 Å². The van der Waals surface area contributed by atoms with Crippen LogP contribution in [0.5, 0.6) is 0 Å². The van der Waals surface area contributed by atoms with Crippen molar-refractivity contribution in [2.45, 2.75) is 31.8 Å². The standard InChI is InChI=1S/C12H18N6O2S/c1-3-13-12-10(6-5-7-14-12)21(19,20)16-8-11-17-15-9-18(11)4-2/h5-7,9,16H,3-4,8H2,1-2H3,(H,13,14). The van der Waals surface area contributed by atoms with Gasteiger partial charge in [0.05, 0.1) is 6.54 Å². The van der Waals surface area contributed by atoms with Gasteiger partial charge in [-0.25, -0.2) is 18.1 Å². The Morgan fingerprint density at radius 1 is 1.33 bits per heavy atom. The predicted octanol–water partition coefficient (Wildman–Crippen LogP) is 0.603. The van der Waals surface area contributed by atoms with Gasteiger partial charge >= 0.3 is 0 Å². The molecule has 2 aromatic rings. The number of hydrogen-bond donors (Lipinski definition) is 2. The summed E-state index contributed by atoms with van der Waals surface area (Å²) in [6.07, 6.45) is 3.11. The van der Waals surface area contributed by atoms with E-state index in [0.717, 1.165) is 0 Å². The van der Waals surface area contributed by atoms with E-state index < -0.39 is 10.0 Å². The Kier molecular flexibility index (Phi) is 4.86. The van der Waals surface area contributed by atoms with Crippen LogP contribution in [0.25, 0.3) is 0 Å². The Labute approximate surface area is 123 Å². The van der Waals surface area contributed by atoms with E-state index >= 15 is 0 Å². The highest BCUT2D eigenvalue weighted by atomic mass is 32.2. The van der Waals surface area contributed by atoms with Gasteiger partial charge in [0.25, 0.3) is 0 Å². The van der Waals surface area contributed by atoms with Gasteiger partial charge in [-0.05, 0) is 26.0 Å². The SMILES string of the molecule is CCNc1ncccc1S(=O)(=O)NCc1nncn1CC. The second kappa shape index (κ2) is 6.64. The average molecular weight is 310 g/mol. The van der Waals surface area contributed by atoms with Gasteiger partial charge in [0.15, 0.2) is 0 Å². The zero-order valence-electron chi connectivity index (χ0n) is 11.9. The molecule has 9 heteroatoms. The van der Waals surface area contributed by atoms with Crippen molar-refractivity contribution in [1.82, 2.24) is 24.5 Å². The van der Waals surface area contributed by atoms with Gasteiger partial charge in [-0.2, -0.15) is 0 Å². The fraction of sp³-hybridized carbons (Fsp3) is 0.417. The Bertz CT molecular complexity index is 697. The number of hydrogen-bond acceptors (Lipinski definition) is 6. The molecule has 0 saturated carbocycles. The van der Waals surface area contributed by atoms with E-state index in [2.05, 4.69) is 25.2 Å². The van der Waals surface area contributed by atoms with Gasteiger partial charge in [-0.15, -0.1) is 10.2 Å². The first-order valence-electron chi connectivity index (χ1n) is 6.63. The van der Waals surface area contributed by atoms with Gasteiger partial charge < -0.3 is 9.88 Å². The van der Waals surface area contributed by atoms with Gasteiger partial charge in [0.1, 0.15) is 22.9 Å². The summed E-state index contributed by atoms with van der Waals surface area (Å²) in [7, 11) is -3.67. The third kappa shape index (κ3) is 3.56. The highest BCUT2D eigenvalue weighted by Crippen LogP contribution is 2.17. The molecule has 2 rings (SSSR count). The van der Waals surface area contributed by atoms with Crippen molar-refractivity contribution in [3.8, 4) is 0 Å². The van der Waals surface area contributed by atoms with Crippen molar-refractivity contribution in [1.29, 1.82) is 0 Å². The molecule has 114 valence electrons. The third-order valence-corrected chi connectivity index (χ3v) is 4.29. The molecule has 0 unspecified atom stereocenters. The second-order valence-electron chi connectivity index (χ2n) is 4.24. The van der Waals surface area contributed by atoms with Crippen LogP contribution in [-0.2, 0) is 23.1 Å². The maximum absolute atomic E-state index is 12.4. The number of rotatable bonds is 7. The van der Waals surface area contributed by atoms with E-state index in [1.807, 2.05) is 13.8 Å². The van der Waals surface area contributed by atoms with Crippen LogP contribution >= 0.6 is 0 Å². The Morgan fingerprint density at radius 3 is 2.86 bits per heavy atom. The number of nitrogens with one attached hydrogen (secondary N) is 2. The second-order valence-corrected chi connectivity index (χ2v) is 5.97. The fourth-order valence-corrected chi connectivity index (χ4v) is 2.94. The maximum Gasteiger partial charge on any atom is 0.244 e. The molecule has 0 aliphatic heterocycles. The minimum Gasteiger partial charge on any atom is -0.369 e. The van der Waals surface area contributed by atoms with Crippen LogP contribution < -0.4 is 10.0 Å². The molecule has 0 atom stereocenters. The van der Waals surface area contributed by atoms with Crippen LogP contribution in [0.2, 0.25) is 0 Å². The number of nitrogens with zero attached hydrogens (tertiary/aromatic N) is 4.